The summed E-state index contributed by atoms with van der Waals surface area (Å²) in [5.41, 5.74) is -0.829. The van der Waals surface area contributed by atoms with Gasteiger partial charge in [0.25, 0.3) is 0 Å². The molecule has 0 aliphatic rings. The molecule has 0 saturated heterocycles. The van der Waals surface area contributed by atoms with Crippen LogP contribution in [0, 0.1) is 0 Å². The standard InChI is InChI=1S/C9H12BrNO2/c1-9(2,12)6-13-8-5-7(10)3-4-11-8/h3-5,12H,6H2,1-2H3. The van der Waals surface area contributed by atoms with Crippen LogP contribution in [0.1, 0.15) is 13.8 Å². The Bertz CT molecular complexity index is 283. The van der Waals surface area contributed by atoms with Gasteiger partial charge < -0.3 is 9.84 Å². The number of nitrogens with zero attached hydrogens (tertiary/aromatic N) is 1. The molecule has 1 rings (SSSR count). The van der Waals surface area contributed by atoms with Gasteiger partial charge in [0.15, 0.2) is 0 Å². The Hall–Kier alpha value is -0.610. The van der Waals surface area contributed by atoms with Gasteiger partial charge in [-0.1, -0.05) is 15.9 Å². The maximum atomic E-state index is 9.38. The number of hydrogen-bond acceptors (Lipinski definition) is 3. The minimum atomic E-state index is -0.829. The highest BCUT2D eigenvalue weighted by Gasteiger charge is 2.13. The summed E-state index contributed by atoms with van der Waals surface area (Å²) in [4.78, 5) is 3.98. The molecule has 0 bridgehead atoms. The lowest BCUT2D eigenvalue weighted by atomic mass is 10.2. The van der Waals surface area contributed by atoms with Crippen LogP contribution >= 0.6 is 15.9 Å². The molecule has 1 N–H and O–H groups in total. The van der Waals surface area contributed by atoms with E-state index >= 15 is 0 Å². The van der Waals surface area contributed by atoms with Crippen LogP contribution in [0.5, 0.6) is 5.88 Å². The van der Waals surface area contributed by atoms with Crippen molar-refractivity contribution in [2.75, 3.05) is 6.61 Å². The molecule has 0 saturated carbocycles. The van der Waals surface area contributed by atoms with Crippen LogP contribution in [0.2, 0.25) is 0 Å². The number of aromatic nitrogens is 1. The molecule has 0 amide bonds. The van der Waals surface area contributed by atoms with Crippen molar-refractivity contribution >= 4 is 15.9 Å². The molecule has 0 radical (unpaired) electrons. The number of halogens is 1. The molecule has 4 heteroatoms. The molecule has 0 spiro atoms. The summed E-state index contributed by atoms with van der Waals surface area (Å²) in [5, 5.41) is 9.38. The van der Waals surface area contributed by atoms with Gasteiger partial charge in [0, 0.05) is 16.7 Å². The van der Waals surface area contributed by atoms with Gasteiger partial charge in [-0.2, -0.15) is 0 Å². The smallest absolute Gasteiger partial charge is 0.214 e. The number of hydrogen-bond donors (Lipinski definition) is 1. The van der Waals surface area contributed by atoms with E-state index in [4.69, 9.17) is 4.74 Å². The normalized spacial score (nSPS) is 11.4. The van der Waals surface area contributed by atoms with E-state index in [2.05, 4.69) is 20.9 Å². The van der Waals surface area contributed by atoms with Crippen LogP contribution in [0.4, 0.5) is 0 Å². The lowest BCUT2D eigenvalue weighted by Gasteiger charge is -2.16. The average molecular weight is 246 g/mol. The lowest BCUT2D eigenvalue weighted by molar-refractivity contribution is 0.0268. The first-order chi connectivity index (χ1) is 5.97. The Kier molecular flexibility index (Phi) is 3.27. The monoisotopic (exact) mass is 245 g/mol. The SMILES string of the molecule is CC(C)(O)COc1cc(Br)ccn1. The predicted molar refractivity (Wildman–Crippen MR) is 53.7 cm³/mol. The van der Waals surface area contributed by atoms with E-state index < -0.39 is 5.60 Å². The largest absolute Gasteiger partial charge is 0.475 e. The molecule has 0 atom stereocenters. The van der Waals surface area contributed by atoms with E-state index in [1.54, 1.807) is 26.1 Å². The molecule has 0 aromatic carbocycles. The molecule has 72 valence electrons. The molecular formula is C9H12BrNO2. The Labute approximate surface area is 85.9 Å². The van der Waals surface area contributed by atoms with Crippen LogP contribution < -0.4 is 4.74 Å². The lowest BCUT2D eigenvalue weighted by Crippen LogP contribution is -2.28. The molecule has 0 fully saturated rings. The van der Waals surface area contributed by atoms with Crippen molar-refractivity contribution in [3.8, 4) is 5.88 Å². The molecule has 0 aliphatic heterocycles. The van der Waals surface area contributed by atoms with Crippen molar-refractivity contribution in [3.63, 3.8) is 0 Å². The highest BCUT2D eigenvalue weighted by molar-refractivity contribution is 9.10. The van der Waals surface area contributed by atoms with E-state index in [1.807, 2.05) is 6.07 Å². The van der Waals surface area contributed by atoms with Crippen LogP contribution in [0.3, 0.4) is 0 Å². The van der Waals surface area contributed by atoms with Crippen molar-refractivity contribution in [1.82, 2.24) is 4.98 Å². The fraction of sp³-hybridized carbons (Fsp3) is 0.444. The third kappa shape index (κ3) is 4.24. The third-order valence-electron chi connectivity index (χ3n) is 1.27. The summed E-state index contributed by atoms with van der Waals surface area (Å²) in [5.74, 6) is 0.511. The van der Waals surface area contributed by atoms with Crippen LogP contribution in [-0.2, 0) is 0 Å². The molecule has 3 nitrogen and oxygen atoms in total. The first-order valence-electron chi connectivity index (χ1n) is 3.94. The Morgan fingerprint density at radius 1 is 1.62 bits per heavy atom. The minimum absolute atomic E-state index is 0.233. The maximum absolute atomic E-state index is 9.38. The van der Waals surface area contributed by atoms with Crippen molar-refractivity contribution < 1.29 is 9.84 Å². The Morgan fingerprint density at radius 2 is 2.31 bits per heavy atom. The summed E-state index contributed by atoms with van der Waals surface area (Å²) >= 11 is 3.30. The van der Waals surface area contributed by atoms with Gasteiger partial charge in [0.05, 0.1) is 5.60 Å². The van der Waals surface area contributed by atoms with Gasteiger partial charge in [-0.25, -0.2) is 4.98 Å². The zero-order chi connectivity index (χ0) is 9.90. The molecule has 0 unspecified atom stereocenters. The van der Waals surface area contributed by atoms with Crippen molar-refractivity contribution in [2.45, 2.75) is 19.4 Å². The van der Waals surface area contributed by atoms with E-state index in [1.165, 1.54) is 0 Å². The average Bonchev–Trinajstić information content (AvgIpc) is 2.00. The fourth-order valence-electron chi connectivity index (χ4n) is 0.715. The number of ether oxygens (including phenoxy) is 1. The van der Waals surface area contributed by atoms with E-state index in [9.17, 15) is 5.11 Å². The highest BCUT2D eigenvalue weighted by atomic mass is 79.9. The molecule has 1 aromatic rings. The van der Waals surface area contributed by atoms with E-state index in [0.717, 1.165) is 4.47 Å². The quantitative estimate of drug-likeness (QED) is 0.886. The van der Waals surface area contributed by atoms with Gasteiger partial charge in [-0.15, -0.1) is 0 Å². The molecule has 1 aromatic heterocycles. The maximum Gasteiger partial charge on any atom is 0.214 e. The van der Waals surface area contributed by atoms with Crippen molar-refractivity contribution in [2.24, 2.45) is 0 Å². The second-order valence-electron chi connectivity index (χ2n) is 3.41. The summed E-state index contributed by atoms with van der Waals surface area (Å²) in [7, 11) is 0. The Morgan fingerprint density at radius 3 is 2.85 bits per heavy atom. The molecule has 1 heterocycles. The number of rotatable bonds is 3. The van der Waals surface area contributed by atoms with E-state index in [0.29, 0.717) is 5.88 Å². The molecule has 13 heavy (non-hydrogen) atoms. The van der Waals surface area contributed by atoms with Gasteiger partial charge in [0.1, 0.15) is 6.61 Å². The topological polar surface area (TPSA) is 42.4 Å². The summed E-state index contributed by atoms with van der Waals surface area (Å²) in [6, 6.07) is 3.57. The van der Waals surface area contributed by atoms with Gasteiger partial charge in [0.2, 0.25) is 5.88 Å². The zero-order valence-electron chi connectivity index (χ0n) is 7.62. The van der Waals surface area contributed by atoms with Crippen LogP contribution in [-0.4, -0.2) is 22.3 Å². The second-order valence-corrected chi connectivity index (χ2v) is 4.33. The van der Waals surface area contributed by atoms with Gasteiger partial charge >= 0.3 is 0 Å². The second kappa shape index (κ2) is 4.07. The summed E-state index contributed by atoms with van der Waals surface area (Å²) in [6.45, 7) is 3.60. The molecular weight excluding hydrogens is 234 g/mol. The first-order valence-corrected chi connectivity index (χ1v) is 4.73. The van der Waals surface area contributed by atoms with Crippen LogP contribution in [0.25, 0.3) is 0 Å². The third-order valence-corrected chi connectivity index (χ3v) is 1.76. The van der Waals surface area contributed by atoms with Crippen molar-refractivity contribution in [3.05, 3.63) is 22.8 Å². The number of aliphatic hydroxyl groups is 1. The first kappa shape index (κ1) is 10.5. The highest BCUT2D eigenvalue weighted by Crippen LogP contribution is 2.15. The Balaban J connectivity index is 2.55. The van der Waals surface area contributed by atoms with E-state index in [-0.39, 0.29) is 6.61 Å². The number of pyridine rings is 1. The van der Waals surface area contributed by atoms with Gasteiger partial charge in [-0.3, -0.25) is 0 Å². The predicted octanol–water partition coefficient (Wildman–Crippen LogP) is 1.99. The van der Waals surface area contributed by atoms with Gasteiger partial charge in [-0.05, 0) is 19.9 Å². The summed E-state index contributed by atoms with van der Waals surface area (Å²) in [6.07, 6.45) is 1.64. The minimum Gasteiger partial charge on any atom is -0.475 e. The fourth-order valence-corrected chi connectivity index (χ4v) is 1.03. The van der Waals surface area contributed by atoms with Crippen LogP contribution in [0.15, 0.2) is 22.8 Å². The molecule has 0 aliphatic carbocycles. The zero-order valence-corrected chi connectivity index (χ0v) is 9.21. The van der Waals surface area contributed by atoms with Crippen molar-refractivity contribution in [1.29, 1.82) is 0 Å². The summed E-state index contributed by atoms with van der Waals surface area (Å²) < 4.78 is 6.17.